The molecule has 16 heavy (non-hydrogen) atoms. The molecule has 2 rings (SSSR count). The topological polar surface area (TPSA) is 47.0 Å². The van der Waals surface area contributed by atoms with Gasteiger partial charge in [0.25, 0.3) is 0 Å². The van der Waals surface area contributed by atoms with Gasteiger partial charge in [0.05, 0.1) is 0 Å². The van der Waals surface area contributed by atoms with Crippen LogP contribution < -0.4 is 5.32 Å². The minimum absolute atomic E-state index is 0.521. The molecule has 1 aromatic heterocycles. The van der Waals surface area contributed by atoms with Crippen molar-refractivity contribution < 1.29 is 4.74 Å². The largest absolute Gasteiger partial charge is 0.373 e. The van der Waals surface area contributed by atoms with Crippen LogP contribution in [0.3, 0.4) is 0 Å². The lowest BCUT2D eigenvalue weighted by molar-refractivity contribution is 0.103. The smallest absolute Gasteiger partial charge is 0.153 e. The van der Waals surface area contributed by atoms with Crippen LogP contribution in [0, 0.1) is 0 Å². The molecule has 2 heterocycles. The summed E-state index contributed by atoms with van der Waals surface area (Å²) in [6.07, 6.45) is 8.52. The van der Waals surface area contributed by atoms with E-state index in [0.29, 0.717) is 12.6 Å². The fraction of sp³-hybridized carbons (Fsp3) is 0.667. The Morgan fingerprint density at radius 2 is 2.19 bits per heavy atom. The molecule has 4 heteroatoms. The van der Waals surface area contributed by atoms with Gasteiger partial charge in [0.2, 0.25) is 0 Å². The third-order valence-electron chi connectivity index (χ3n) is 2.87. The van der Waals surface area contributed by atoms with E-state index >= 15 is 0 Å². The zero-order valence-electron chi connectivity index (χ0n) is 9.56. The number of rotatable bonds is 5. The van der Waals surface area contributed by atoms with Crippen LogP contribution in [0.2, 0.25) is 0 Å². The van der Waals surface area contributed by atoms with E-state index in [4.69, 9.17) is 4.74 Å². The predicted octanol–water partition coefficient (Wildman–Crippen LogP) is 1.53. The molecule has 1 atom stereocenters. The highest BCUT2D eigenvalue weighted by Crippen LogP contribution is 2.10. The maximum absolute atomic E-state index is 5.56. The number of hydrogen-bond donors (Lipinski definition) is 1. The number of aromatic nitrogens is 2. The van der Waals surface area contributed by atoms with Gasteiger partial charge in [0.1, 0.15) is 6.61 Å². The Kier molecular flexibility index (Phi) is 4.70. The van der Waals surface area contributed by atoms with E-state index in [9.17, 15) is 0 Å². The van der Waals surface area contributed by atoms with Crippen LogP contribution in [0.4, 0.5) is 0 Å². The molecule has 4 nitrogen and oxygen atoms in total. The Hall–Kier alpha value is -1.00. The predicted molar refractivity (Wildman–Crippen MR) is 61.9 cm³/mol. The molecule has 1 fully saturated rings. The lowest BCUT2D eigenvalue weighted by Gasteiger charge is -2.23. The molecule has 1 N–H and O–H groups in total. The second kappa shape index (κ2) is 6.55. The second-order valence-electron chi connectivity index (χ2n) is 4.15. The molecule has 1 unspecified atom stereocenters. The first kappa shape index (κ1) is 11.5. The van der Waals surface area contributed by atoms with Crippen molar-refractivity contribution in [3.63, 3.8) is 0 Å². The van der Waals surface area contributed by atoms with E-state index in [1.165, 1.54) is 19.3 Å². The van der Waals surface area contributed by atoms with Gasteiger partial charge in [-0.1, -0.05) is 6.42 Å². The molecule has 0 saturated carbocycles. The third kappa shape index (κ3) is 3.87. The molecule has 88 valence electrons. The van der Waals surface area contributed by atoms with E-state index in [2.05, 4.69) is 15.3 Å². The average molecular weight is 221 g/mol. The van der Waals surface area contributed by atoms with Crippen LogP contribution in [0.5, 0.6) is 0 Å². The Morgan fingerprint density at radius 1 is 1.31 bits per heavy atom. The minimum Gasteiger partial charge on any atom is -0.373 e. The molecule has 1 aliphatic heterocycles. The molecule has 0 spiro atoms. The maximum atomic E-state index is 5.56. The van der Waals surface area contributed by atoms with Gasteiger partial charge in [-0.15, -0.1) is 0 Å². The molecule has 0 amide bonds. The number of ether oxygens (including phenoxy) is 1. The van der Waals surface area contributed by atoms with Crippen LogP contribution >= 0.6 is 0 Å². The van der Waals surface area contributed by atoms with Crippen molar-refractivity contribution in [3.8, 4) is 0 Å². The fourth-order valence-electron chi connectivity index (χ4n) is 1.96. The summed E-state index contributed by atoms with van der Waals surface area (Å²) in [4.78, 5) is 8.22. The van der Waals surface area contributed by atoms with Crippen LogP contribution in [0.15, 0.2) is 18.5 Å². The maximum Gasteiger partial charge on any atom is 0.153 e. The number of hydrogen-bond acceptors (Lipinski definition) is 4. The van der Waals surface area contributed by atoms with Crippen molar-refractivity contribution in [2.24, 2.45) is 0 Å². The molecule has 1 aliphatic rings. The summed E-state index contributed by atoms with van der Waals surface area (Å²) >= 11 is 0. The lowest BCUT2D eigenvalue weighted by Crippen LogP contribution is -2.34. The van der Waals surface area contributed by atoms with Gasteiger partial charge in [-0.25, -0.2) is 9.97 Å². The molecule has 0 aliphatic carbocycles. The Labute approximate surface area is 96.4 Å². The summed E-state index contributed by atoms with van der Waals surface area (Å²) in [6, 6.07) is 2.46. The third-order valence-corrected chi connectivity index (χ3v) is 2.87. The van der Waals surface area contributed by atoms with Crippen LogP contribution in [-0.4, -0.2) is 29.2 Å². The van der Waals surface area contributed by atoms with Gasteiger partial charge in [-0.2, -0.15) is 0 Å². The highest BCUT2D eigenvalue weighted by molar-refractivity contribution is 4.86. The van der Waals surface area contributed by atoms with Crippen molar-refractivity contribution in [2.75, 3.05) is 13.2 Å². The Morgan fingerprint density at radius 3 is 2.94 bits per heavy atom. The van der Waals surface area contributed by atoms with Crippen molar-refractivity contribution in [1.82, 2.24) is 15.3 Å². The number of nitrogens with zero attached hydrogens (tertiary/aromatic N) is 2. The second-order valence-corrected chi connectivity index (χ2v) is 4.15. The van der Waals surface area contributed by atoms with E-state index in [0.717, 1.165) is 25.4 Å². The summed E-state index contributed by atoms with van der Waals surface area (Å²) in [5.74, 6) is 0.763. The van der Waals surface area contributed by atoms with E-state index in [-0.39, 0.29) is 0 Å². The van der Waals surface area contributed by atoms with Crippen molar-refractivity contribution in [3.05, 3.63) is 24.3 Å². The van der Waals surface area contributed by atoms with Crippen LogP contribution in [-0.2, 0) is 11.3 Å². The molecular weight excluding hydrogens is 202 g/mol. The summed E-state index contributed by atoms with van der Waals surface area (Å²) in [5, 5.41) is 3.51. The van der Waals surface area contributed by atoms with Crippen molar-refractivity contribution in [2.45, 2.75) is 38.3 Å². The van der Waals surface area contributed by atoms with Crippen molar-refractivity contribution >= 4 is 0 Å². The molecule has 1 saturated heterocycles. The number of nitrogens with one attached hydrogen (secondary N) is 1. The summed E-state index contributed by atoms with van der Waals surface area (Å²) < 4.78 is 5.56. The molecule has 1 aromatic rings. The minimum atomic E-state index is 0.521. The summed E-state index contributed by atoms with van der Waals surface area (Å²) in [6.45, 7) is 2.47. The lowest BCUT2D eigenvalue weighted by atomic mass is 10.0. The van der Waals surface area contributed by atoms with Crippen molar-refractivity contribution in [1.29, 1.82) is 0 Å². The van der Waals surface area contributed by atoms with Gasteiger partial charge in [0.15, 0.2) is 5.82 Å². The molecular formula is C12H19N3O. The first-order chi connectivity index (χ1) is 7.95. The summed E-state index contributed by atoms with van der Waals surface area (Å²) in [7, 11) is 0. The molecule has 0 aromatic carbocycles. The Bertz CT molecular complexity index is 286. The zero-order valence-corrected chi connectivity index (χ0v) is 9.56. The quantitative estimate of drug-likeness (QED) is 0.766. The van der Waals surface area contributed by atoms with E-state index in [1.807, 2.05) is 6.07 Å². The van der Waals surface area contributed by atoms with E-state index < -0.39 is 0 Å². The zero-order chi connectivity index (χ0) is 11.1. The highest BCUT2D eigenvalue weighted by atomic mass is 16.5. The highest BCUT2D eigenvalue weighted by Gasteiger charge is 2.11. The normalized spacial score (nSPS) is 20.9. The molecule has 0 bridgehead atoms. The summed E-state index contributed by atoms with van der Waals surface area (Å²) in [5.41, 5.74) is 0. The standard InChI is InChI=1S/C12H19N3O/c1-2-6-13-11(4-1)5-9-16-10-12-14-7-3-8-15-12/h3,7-8,11,13H,1-2,4-6,9-10H2. The van der Waals surface area contributed by atoms with Crippen LogP contribution in [0.1, 0.15) is 31.5 Å². The van der Waals surface area contributed by atoms with Gasteiger partial charge in [-0.3, -0.25) is 0 Å². The molecule has 0 radical (unpaired) electrons. The van der Waals surface area contributed by atoms with Gasteiger partial charge in [-0.05, 0) is 31.9 Å². The van der Waals surface area contributed by atoms with E-state index in [1.54, 1.807) is 12.4 Å². The SMILES string of the molecule is c1cnc(COCCC2CCCCN2)nc1. The van der Waals surface area contributed by atoms with Gasteiger partial charge >= 0.3 is 0 Å². The first-order valence-corrected chi connectivity index (χ1v) is 6.02. The van der Waals surface area contributed by atoms with Gasteiger partial charge in [0, 0.05) is 25.0 Å². The first-order valence-electron chi connectivity index (χ1n) is 6.02. The van der Waals surface area contributed by atoms with Gasteiger partial charge < -0.3 is 10.1 Å². The monoisotopic (exact) mass is 221 g/mol. The number of piperidine rings is 1. The average Bonchev–Trinajstić information content (AvgIpc) is 2.37. The van der Waals surface area contributed by atoms with Crippen LogP contribution in [0.25, 0.3) is 0 Å². The Balaban J connectivity index is 1.58. The fourth-order valence-corrected chi connectivity index (χ4v) is 1.96.